The van der Waals surface area contributed by atoms with Crippen molar-refractivity contribution < 1.29 is 4.79 Å². The van der Waals surface area contributed by atoms with Crippen LogP contribution in [0.5, 0.6) is 0 Å². The number of piperidine rings is 1. The van der Waals surface area contributed by atoms with Gasteiger partial charge in [0.25, 0.3) is 0 Å². The van der Waals surface area contributed by atoms with Gasteiger partial charge in [-0.1, -0.05) is 30.3 Å². The monoisotopic (exact) mass is 395 g/mol. The second kappa shape index (κ2) is 10.3. The van der Waals surface area contributed by atoms with Gasteiger partial charge >= 0.3 is 0 Å². The van der Waals surface area contributed by atoms with Crippen LogP contribution in [0, 0.1) is 0 Å². The summed E-state index contributed by atoms with van der Waals surface area (Å²) in [5.41, 5.74) is 8.68. The van der Waals surface area contributed by atoms with E-state index in [1.807, 2.05) is 42.3 Å². The molecule has 1 heterocycles. The molecular weight excluding hydrogens is 369 g/mol. The lowest BCUT2D eigenvalue weighted by atomic mass is 10.0. The van der Waals surface area contributed by atoms with Gasteiger partial charge in [0.1, 0.15) is 0 Å². The molecule has 1 amide bonds. The Balaban J connectivity index is 0.00000169. The average molecular weight is 396 g/mol. The smallest absolute Gasteiger partial charge is 0.227 e. The van der Waals surface area contributed by atoms with Gasteiger partial charge in [-0.05, 0) is 42.7 Å². The molecule has 0 bridgehead atoms. The lowest BCUT2D eigenvalue weighted by molar-refractivity contribution is -0.131. The van der Waals surface area contributed by atoms with Gasteiger partial charge in [0, 0.05) is 37.6 Å². The number of anilines is 2. The van der Waals surface area contributed by atoms with Crippen LogP contribution >= 0.6 is 24.8 Å². The number of para-hydroxylation sites is 1. The minimum Gasteiger partial charge on any atom is -0.399 e. The number of hydrogen-bond acceptors (Lipinski definition) is 3. The van der Waals surface area contributed by atoms with E-state index < -0.39 is 0 Å². The van der Waals surface area contributed by atoms with Crippen molar-refractivity contribution in [2.45, 2.75) is 25.3 Å². The summed E-state index contributed by atoms with van der Waals surface area (Å²) in [7, 11) is 1.93. The van der Waals surface area contributed by atoms with Crippen LogP contribution < -0.4 is 10.6 Å². The zero-order valence-electron chi connectivity index (χ0n) is 15.0. The van der Waals surface area contributed by atoms with Gasteiger partial charge in [0.2, 0.25) is 5.91 Å². The Morgan fingerprint density at radius 2 is 1.77 bits per heavy atom. The summed E-state index contributed by atoms with van der Waals surface area (Å²) in [6.07, 6.45) is 2.60. The van der Waals surface area contributed by atoms with Crippen molar-refractivity contribution >= 4 is 42.1 Å². The molecule has 1 aliphatic rings. The first-order chi connectivity index (χ1) is 11.6. The van der Waals surface area contributed by atoms with E-state index in [1.54, 1.807) is 0 Å². The van der Waals surface area contributed by atoms with E-state index in [4.69, 9.17) is 5.73 Å². The number of rotatable bonds is 4. The van der Waals surface area contributed by atoms with Gasteiger partial charge in [-0.2, -0.15) is 0 Å². The number of likely N-dealkylation sites (N-methyl/N-ethyl adjacent to an activating group) is 1. The van der Waals surface area contributed by atoms with Crippen molar-refractivity contribution in [1.82, 2.24) is 4.90 Å². The molecule has 2 aromatic carbocycles. The molecule has 4 nitrogen and oxygen atoms in total. The molecule has 0 aliphatic carbocycles. The molecule has 2 aromatic rings. The molecule has 6 heteroatoms. The van der Waals surface area contributed by atoms with Crippen LogP contribution in [0.2, 0.25) is 0 Å². The highest BCUT2D eigenvalue weighted by Crippen LogP contribution is 2.22. The lowest BCUT2D eigenvalue weighted by Gasteiger charge is -2.39. The predicted octanol–water partition coefficient (Wildman–Crippen LogP) is 3.78. The predicted molar refractivity (Wildman–Crippen MR) is 114 cm³/mol. The SMILES string of the molecule is CN(C(=O)Cc1ccc(N)cc1)C1CCCN(c2ccccc2)C1.Cl.Cl. The molecular formula is C20H27Cl2N3O. The van der Waals surface area contributed by atoms with Crippen LogP contribution in [0.25, 0.3) is 0 Å². The molecule has 0 aromatic heterocycles. The van der Waals surface area contributed by atoms with E-state index in [-0.39, 0.29) is 36.8 Å². The van der Waals surface area contributed by atoms with Crippen LogP contribution in [0.4, 0.5) is 11.4 Å². The van der Waals surface area contributed by atoms with Gasteiger partial charge in [-0.15, -0.1) is 24.8 Å². The molecule has 1 atom stereocenters. The highest BCUT2D eigenvalue weighted by atomic mass is 35.5. The highest BCUT2D eigenvalue weighted by molar-refractivity contribution is 5.85. The van der Waals surface area contributed by atoms with Crippen LogP contribution in [0.15, 0.2) is 54.6 Å². The first-order valence-corrected chi connectivity index (χ1v) is 8.53. The topological polar surface area (TPSA) is 49.6 Å². The zero-order valence-corrected chi connectivity index (χ0v) is 16.6. The van der Waals surface area contributed by atoms with E-state index in [0.717, 1.165) is 37.2 Å². The van der Waals surface area contributed by atoms with Crippen molar-refractivity contribution in [2.24, 2.45) is 0 Å². The van der Waals surface area contributed by atoms with E-state index in [0.29, 0.717) is 6.42 Å². The van der Waals surface area contributed by atoms with Crippen LogP contribution in [0.1, 0.15) is 18.4 Å². The Bertz CT molecular complexity index is 679. The number of nitrogens with zero attached hydrogens (tertiary/aromatic N) is 2. The Morgan fingerprint density at radius 1 is 1.12 bits per heavy atom. The minimum atomic E-state index is 0. The number of carbonyl (C=O) groups excluding carboxylic acids is 1. The molecule has 1 aliphatic heterocycles. The molecule has 1 fully saturated rings. The van der Waals surface area contributed by atoms with E-state index in [2.05, 4.69) is 29.2 Å². The largest absolute Gasteiger partial charge is 0.399 e. The first-order valence-electron chi connectivity index (χ1n) is 8.53. The standard InChI is InChI=1S/C20H25N3O.2ClH/c1-22(20(24)14-16-9-11-17(21)12-10-16)19-8-5-13-23(15-19)18-6-3-2-4-7-18;;/h2-4,6-7,9-12,19H,5,8,13-15,21H2,1H3;2*1H. The summed E-state index contributed by atoms with van der Waals surface area (Å²) >= 11 is 0. The van der Waals surface area contributed by atoms with E-state index >= 15 is 0 Å². The van der Waals surface area contributed by atoms with Crippen molar-refractivity contribution in [3.63, 3.8) is 0 Å². The maximum Gasteiger partial charge on any atom is 0.227 e. The third-order valence-electron chi connectivity index (χ3n) is 4.79. The van der Waals surface area contributed by atoms with Gasteiger partial charge in [-0.3, -0.25) is 4.79 Å². The number of nitrogens with two attached hydrogens (primary N) is 1. The van der Waals surface area contributed by atoms with E-state index in [9.17, 15) is 4.79 Å². The third kappa shape index (κ3) is 5.55. The lowest BCUT2D eigenvalue weighted by Crippen LogP contribution is -2.49. The fraction of sp³-hybridized carbons (Fsp3) is 0.350. The van der Waals surface area contributed by atoms with Gasteiger partial charge in [-0.25, -0.2) is 0 Å². The zero-order chi connectivity index (χ0) is 16.9. The van der Waals surface area contributed by atoms with Crippen LogP contribution in [-0.2, 0) is 11.2 Å². The van der Waals surface area contributed by atoms with Gasteiger partial charge in [0.15, 0.2) is 0 Å². The van der Waals surface area contributed by atoms with Gasteiger partial charge in [0.05, 0.1) is 6.42 Å². The van der Waals surface area contributed by atoms with Crippen LogP contribution in [-0.4, -0.2) is 37.0 Å². The quantitative estimate of drug-likeness (QED) is 0.801. The van der Waals surface area contributed by atoms with Crippen molar-refractivity contribution in [1.29, 1.82) is 0 Å². The van der Waals surface area contributed by atoms with Crippen molar-refractivity contribution in [3.05, 3.63) is 60.2 Å². The van der Waals surface area contributed by atoms with Gasteiger partial charge < -0.3 is 15.5 Å². The maximum atomic E-state index is 12.6. The van der Waals surface area contributed by atoms with Crippen molar-refractivity contribution in [2.75, 3.05) is 30.8 Å². The number of benzene rings is 2. The number of carbonyl (C=O) groups is 1. The summed E-state index contributed by atoms with van der Waals surface area (Å²) < 4.78 is 0. The summed E-state index contributed by atoms with van der Waals surface area (Å²) in [4.78, 5) is 16.9. The van der Waals surface area contributed by atoms with Crippen molar-refractivity contribution in [3.8, 4) is 0 Å². The number of hydrogen-bond donors (Lipinski definition) is 1. The summed E-state index contributed by atoms with van der Waals surface area (Å²) in [6, 6.07) is 18.3. The molecule has 0 radical (unpaired) electrons. The molecule has 0 saturated carbocycles. The van der Waals surface area contributed by atoms with Crippen LogP contribution in [0.3, 0.4) is 0 Å². The first kappa shape index (κ1) is 22.1. The number of halogens is 2. The molecule has 1 unspecified atom stereocenters. The number of nitrogen functional groups attached to an aromatic ring is 1. The molecule has 142 valence electrons. The Kier molecular flexibility index (Phi) is 8.76. The molecule has 26 heavy (non-hydrogen) atoms. The molecule has 2 N–H and O–H groups in total. The van der Waals surface area contributed by atoms with E-state index in [1.165, 1.54) is 5.69 Å². The fourth-order valence-corrected chi connectivity index (χ4v) is 3.28. The number of amides is 1. The second-order valence-corrected chi connectivity index (χ2v) is 6.50. The molecule has 0 spiro atoms. The minimum absolute atomic E-state index is 0. The fourth-order valence-electron chi connectivity index (χ4n) is 3.28. The average Bonchev–Trinajstić information content (AvgIpc) is 2.64. The summed E-state index contributed by atoms with van der Waals surface area (Å²) in [5, 5.41) is 0. The normalized spacial score (nSPS) is 16.2. The highest BCUT2D eigenvalue weighted by Gasteiger charge is 2.26. The Labute approximate surface area is 168 Å². The Hall–Kier alpha value is -1.91. The summed E-state index contributed by atoms with van der Waals surface area (Å²) in [5.74, 6) is 0.166. The molecule has 3 rings (SSSR count). The summed E-state index contributed by atoms with van der Waals surface area (Å²) in [6.45, 7) is 1.95. The molecule has 1 saturated heterocycles. The maximum absolute atomic E-state index is 12.6. The Morgan fingerprint density at radius 3 is 2.42 bits per heavy atom. The third-order valence-corrected chi connectivity index (χ3v) is 4.79. The second-order valence-electron chi connectivity index (χ2n) is 6.50.